The van der Waals surface area contributed by atoms with E-state index < -0.39 is 76.1 Å². The molecule has 1 saturated heterocycles. The lowest BCUT2D eigenvalue weighted by molar-refractivity contribution is -0.352. The van der Waals surface area contributed by atoms with Gasteiger partial charge in [0.05, 0.1) is 23.7 Å². The Morgan fingerprint density at radius 1 is 0.935 bits per heavy atom. The van der Waals surface area contributed by atoms with Gasteiger partial charge in [0.25, 0.3) is 0 Å². The molecular weight excluding hydrogens is 598 g/mol. The van der Waals surface area contributed by atoms with Crippen molar-refractivity contribution < 1.29 is 52.8 Å². The Hall–Kier alpha value is -4.42. The van der Waals surface area contributed by atoms with E-state index in [4.69, 9.17) is 23.7 Å². The highest BCUT2D eigenvalue weighted by Gasteiger charge is 2.88. The van der Waals surface area contributed by atoms with Crippen molar-refractivity contribution in [1.82, 2.24) is 4.98 Å². The largest absolute Gasteiger partial charge is 0.458 e. The number of hydrogen-bond donors (Lipinski definition) is 1. The third-order valence-corrected chi connectivity index (χ3v) is 9.39. The van der Waals surface area contributed by atoms with E-state index in [0.717, 1.165) is 13.8 Å². The van der Waals surface area contributed by atoms with Crippen LogP contribution in [0.4, 0.5) is 0 Å². The highest BCUT2D eigenvalue weighted by molar-refractivity contribution is 5.90. The number of esters is 4. The molecule has 1 spiro atoms. The molecule has 1 aromatic heterocycles. The molecule has 3 aliphatic rings. The molecule has 12 heteroatoms. The molecule has 244 valence electrons. The Labute approximate surface area is 266 Å². The Morgan fingerprint density at radius 2 is 1.65 bits per heavy atom. The van der Waals surface area contributed by atoms with Crippen molar-refractivity contribution in [3.05, 3.63) is 72.1 Å². The van der Waals surface area contributed by atoms with Crippen LogP contribution in [0, 0.1) is 11.3 Å². The predicted molar refractivity (Wildman–Crippen MR) is 160 cm³/mol. The molecule has 1 N–H and O–H groups in total. The van der Waals surface area contributed by atoms with Crippen molar-refractivity contribution in [2.45, 2.75) is 82.6 Å². The first-order valence-electron chi connectivity index (χ1n) is 15.0. The molecule has 2 heterocycles. The molecule has 1 aromatic carbocycles. The lowest BCUT2D eigenvalue weighted by Gasteiger charge is -2.66. The first-order valence-corrected chi connectivity index (χ1v) is 15.0. The summed E-state index contributed by atoms with van der Waals surface area (Å²) >= 11 is 0. The number of nitrogens with zero attached hydrogens (tertiary/aromatic N) is 1. The van der Waals surface area contributed by atoms with Crippen molar-refractivity contribution in [3.8, 4) is 0 Å². The van der Waals surface area contributed by atoms with Crippen LogP contribution in [0.3, 0.4) is 0 Å². The molecule has 46 heavy (non-hydrogen) atoms. The fraction of sp³-hybridized carbons (Fsp3) is 0.471. The van der Waals surface area contributed by atoms with E-state index in [-0.39, 0.29) is 25.0 Å². The molecule has 2 bridgehead atoms. The van der Waals surface area contributed by atoms with E-state index in [1.807, 2.05) is 6.07 Å². The van der Waals surface area contributed by atoms with Gasteiger partial charge in [-0.25, -0.2) is 9.59 Å². The number of carbonyl (C=O) groups excluding carboxylic acids is 5. The maximum absolute atomic E-state index is 13.7. The topological polar surface area (TPSA) is 165 Å². The fourth-order valence-electron chi connectivity index (χ4n) is 7.82. The SMILES string of the molecule is CC(=O)O[C@H]1[C@@H](OC(=O)c2cccnc2)[C@]2(OC(C)=O)[C@@H](OC(=O)/C=C/c3ccccc3)CC[C@](C)(O)C23OC[C@]1(C)C3C(C)=O. The molecule has 0 amide bonds. The molecule has 2 aliphatic carbocycles. The third-order valence-electron chi connectivity index (χ3n) is 9.39. The molecule has 2 unspecified atom stereocenters. The second-order valence-electron chi connectivity index (χ2n) is 12.5. The van der Waals surface area contributed by atoms with Crippen molar-refractivity contribution in [3.63, 3.8) is 0 Å². The van der Waals surface area contributed by atoms with E-state index >= 15 is 0 Å². The second-order valence-corrected chi connectivity index (χ2v) is 12.5. The number of pyridine rings is 1. The molecule has 2 saturated carbocycles. The van der Waals surface area contributed by atoms with Gasteiger partial charge in [0.15, 0.2) is 17.8 Å². The molecule has 3 fully saturated rings. The maximum atomic E-state index is 13.7. The van der Waals surface area contributed by atoms with Crippen LogP contribution in [0.5, 0.6) is 0 Å². The third kappa shape index (κ3) is 5.19. The quantitative estimate of drug-likeness (QED) is 0.257. The Bertz CT molecular complexity index is 1560. The fourth-order valence-corrected chi connectivity index (χ4v) is 7.82. The Balaban J connectivity index is 1.75. The average molecular weight is 636 g/mol. The van der Waals surface area contributed by atoms with Gasteiger partial charge in [0.1, 0.15) is 11.9 Å². The zero-order chi connectivity index (χ0) is 33.5. The average Bonchev–Trinajstić information content (AvgIpc) is 3.30. The van der Waals surface area contributed by atoms with Gasteiger partial charge in [-0.05, 0) is 50.5 Å². The number of benzene rings is 1. The maximum Gasteiger partial charge on any atom is 0.340 e. The summed E-state index contributed by atoms with van der Waals surface area (Å²) in [5, 5.41) is 12.2. The van der Waals surface area contributed by atoms with Crippen molar-refractivity contribution in [2.75, 3.05) is 6.61 Å². The number of ketones is 1. The van der Waals surface area contributed by atoms with Crippen LogP contribution in [0.15, 0.2) is 60.9 Å². The number of aromatic nitrogens is 1. The van der Waals surface area contributed by atoms with Crippen molar-refractivity contribution in [1.29, 1.82) is 0 Å². The first kappa shape index (κ1) is 33.0. The number of aliphatic hydroxyl groups is 1. The van der Waals surface area contributed by atoms with Gasteiger partial charge in [-0.3, -0.25) is 19.4 Å². The minimum absolute atomic E-state index is 0.0186. The molecule has 0 radical (unpaired) electrons. The van der Waals surface area contributed by atoms with Crippen molar-refractivity contribution in [2.24, 2.45) is 11.3 Å². The van der Waals surface area contributed by atoms with Gasteiger partial charge >= 0.3 is 23.9 Å². The number of hydrogen-bond acceptors (Lipinski definition) is 12. The number of carbonyl (C=O) groups is 5. The normalized spacial score (nSPS) is 34.7. The summed E-state index contributed by atoms with van der Waals surface area (Å²) in [6, 6.07) is 11.9. The van der Waals surface area contributed by atoms with E-state index in [1.54, 1.807) is 31.2 Å². The summed E-state index contributed by atoms with van der Waals surface area (Å²) in [6.07, 6.45) is 0.637. The Morgan fingerprint density at radius 3 is 2.26 bits per heavy atom. The van der Waals surface area contributed by atoms with Gasteiger partial charge < -0.3 is 28.8 Å². The standard InChI is InChI=1S/C34H37NO11/c1-20(36)27-31(4)19-42-34(27)32(5,41)16-15-25(44-26(39)14-13-23-10-7-6-8-11-23)33(34,46-22(3)38)29(28(31)43-21(2)37)45-30(40)24-12-9-17-35-18-24/h6-14,17-18,25,27-29,41H,15-16,19H2,1-5H3/b14-13+/t25-,27?,28-,29+,31+,32-,33+,34?/m0/s1. The summed E-state index contributed by atoms with van der Waals surface area (Å²) in [5.41, 5.74) is -7.05. The van der Waals surface area contributed by atoms with E-state index in [1.165, 1.54) is 50.5 Å². The number of fused-ring (bicyclic) bond motifs is 1. The van der Waals surface area contributed by atoms with Crippen molar-refractivity contribution >= 4 is 35.7 Å². The summed E-state index contributed by atoms with van der Waals surface area (Å²) < 4.78 is 30.6. The number of rotatable bonds is 8. The van der Waals surface area contributed by atoms with Crippen LogP contribution >= 0.6 is 0 Å². The number of ether oxygens (including phenoxy) is 5. The van der Waals surface area contributed by atoms with Crippen LogP contribution < -0.4 is 0 Å². The molecule has 2 aromatic rings. The smallest absolute Gasteiger partial charge is 0.340 e. The van der Waals surface area contributed by atoms with Gasteiger partial charge in [-0.15, -0.1) is 0 Å². The minimum atomic E-state index is -2.37. The lowest BCUT2D eigenvalue weighted by atomic mass is 9.45. The number of Topliss-reactive ketones (excluding diaryl/α,β-unsaturated/α-hetero) is 1. The summed E-state index contributed by atoms with van der Waals surface area (Å²) in [7, 11) is 0. The summed E-state index contributed by atoms with van der Waals surface area (Å²) in [6.45, 7) is 6.32. The zero-order valence-electron chi connectivity index (χ0n) is 26.3. The predicted octanol–water partition coefficient (Wildman–Crippen LogP) is 3.00. The van der Waals surface area contributed by atoms with Gasteiger partial charge in [-0.1, -0.05) is 37.3 Å². The van der Waals surface area contributed by atoms with Crippen LogP contribution in [0.1, 0.15) is 63.4 Å². The monoisotopic (exact) mass is 635 g/mol. The van der Waals surface area contributed by atoms with Crippen LogP contribution in [0.2, 0.25) is 0 Å². The zero-order valence-corrected chi connectivity index (χ0v) is 26.3. The van der Waals surface area contributed by atoms with Gasteiger partial charge in [-0.2, -0.15) is 0 Å². The molecular formula is C34H37NO11. The molecule has 5 rings (SSSR count). The van der Waals surface area contributed by atoms with Crippen LogP contribution in [-0.2, 0) is 42.9 Å². The minimum Gasteiger partial charge on any atom is -0.458 e. The van der Waals surface area contributed by atoms with Crippen LogP contribution in [0.25, 0.3) is 6.08 Å². The van der Waals surface area contributed by atoms with E-state index in [0.29, 0.717) is 5.56 Å². The molecule has 8 atom stereocenters. The molecule has 1 aliphatic heterocycles. The van der Waals surface area contributed by atoms with Gasteiger partial charge in [0.2, 0.25) is 5.60 Å². The summed E-state index contributed by atoms with van der Waals surface area (Å²) in [4.78, 5) is 70.6. The molecule has 12 nitrogen and oxygen atoms in total. The highest BCUT2D eigenvalue weighted by Crippen LogP contribution is 2.68. The second kappa shape index (κ2) is 12.1. The lowest BCUT2D eigenvalue weighted by Crippen LogP contribution is -2.87. The summed E-state index contributed by atoms with van der Waals surface area (Å²) in [5.74, 6) is -5.21. The van der Waals surface area contributed by atoms with E-state index in [2.05, 4.69) is 4.98 Å². The Kier molecular flexibility index (Phi) is 8.65. The van der Waals surface area contributed by atoms with Crippen LogP contribution in [-0.4, -0.2) is 81.5 Å². The highest BCUT2D eigenvalue weighted by atomic mass is 16.7. The van der Waals surface area contributed by atoms with Gasteiger partial charge in [0, 0.05) is 37.7 Å². The van der Waals surface area contributed by atoms with E-state index in [9.17, 15) is 29.1 Å². The first-order chi connectivity index (χ1) is 21.7.